The van der Waals surface area contributed by atoms with Crippen LogP contribution in [0.2, 0.25) is 0 Å². The van der Waals surface area contributed by atoms with Crippen molar-refractivity contribution < 1.29 is 9.53 Å². The van der Waals surface area contributed by atoms with Crippen molar-refractivity contribution in [1.29, 1.82) is 0 Å². The van der Waals surface area contributed by atoms with Gasteiger partial charge < -0.3 is 10.1 Å². The average Bonchev–Trinajstić information content (AvgIpc) is 2.52. The standard InChI is InChI=1S/C17H19NO2/c1-20-17(19)16-9-7-14(8-10-16)11-12-18-13-15-5-3-2-4-6-15/h2-10,18H,11-13H2,1H3. The van der Waals surface area contributed by atoms with E-state index in [0.717, 1.165) is 19.5 Å². The molecular weight excluding hydrogens is 250 g/mol. The molecule has 2 aromatic carbocycles. The Morgan fingerprint density at radius 2 is 1.70 bits per heavy atom. The third-order valence-corrected chi connectivity index (χ3v) is 3.14. The summed E-state index contributed by atoms with van der Waals surface area (Å²) in [5.41, 5.74) is 3.08. The van der Waals surface area contributed by atoms with E-state index in [4.69, 9.17) is 0 Å². The van der Waals surface area contributed by atoms with Crippen LogP contribution in [-0.4, -0.2) is 19.6 Å². The minimum absolute atomic E-state index is 0.293. The van der Waals surface area contributed by atoms with Crippen molar-refractivity contribution in [3.05, 3.63) is 71.3 Å². The number of carbonyl (C=O) groups is 1. The molecular formula is C17H19NO2. The Balaban J connectivity index is 1.75. The van der Waals surface area contributed by atoms with Crippen LogP contribution in [0.1, 0.15) is 21.5 Å². The van der Waals surface area contributed by atoms with Gasteiger partial charge in [0.15, 0.2) is 0 Å². The van der Waals surface area contributed by atoms with Crippen LogP contribution < -0.4 is 5.32 Å². The highest BCUT2D eigenvalue weighted by Crippen LogP contribution is 2.06. The summed E-state index contributed by atoms with van der Waals surface area (Å²) in [6.07, 6.45) is 0.939. The van der Waals surface area contributed by atoms with Gasteiger partial charge in [-0.1, -0.05) is 42.5 Å². The molecule has 0 fully saturated rings. The van der Waals surface area contributed by atoms with Gasteiger partial charge in [0.2, 0.25) is 0 Å². The van der Waals surface area contributed by atoms with Gasteiger partial charge in [0.1, 0.15) is 0 Å². The highest BCUT2D eigenvalue weighted by atomic mass is 16.5. The molecule has 0 saturated heterocycles. The zero-order chi connectivity index (χ0) is 14.2. The first kappa shape index (κ1) is 14.3. The molecule has 0 unspecified atom stereocenters. The molecule has 0 saturated carbocycles. The number of hydrogen-bond acceptors (Lipinski definition) is 3. The van der Waals surface area contributed by atoms with Crippen molar-refractivity contribution in [2.45, 2.75) is 13.0 Å². The Morgan fingerprint density at radius 1 is 1.00 bits per heavy atom. The summed E-state index contributed by atoms with van der Waals surface area (Å²) in [7, 11) is 1.39. The van der Waals surface area contributed by atoms with Crippen LogP contribution in [0.5, 0.6) is 0 Å². The third-order valence-electron chi connectivity index (χ3n) is 3.14. The number of hydrogen-bond donors (Lipinski definition) is 1. The molecule has 104 valence electrons. The van der Waals surface area contributed by atoms with Crippen LogP contribution in [0, 0.1) is 0 Å². The van der Waals surface area contributed by atoms with Gasteiger partial charge in [-0.3, -0.25) is 0 Å². The van der Waals surface area contributed by atoms with Gasteiger partial charge in [-0.25, -0.2) is 4.79 Å². The van der Waals surface area contributed by atoms with Crippen molar-refractivity contribution >= 4 is 5.97 Å². The van der Waals surface area contributed by atoms with E-state index >= 15 is 0 Å². The Morgan fingerprint density at radius 3 is 2.35 bits per heavy atom. The maximum atomic E-state index is 11.3. The van der Waals surface area contributed by atoms with Gasteiger partial charge in [0.25, 0.3) is 0 Å². The van der Waals surface area contributed by atoms with Crippen LogP contribution >= 0.6 is 0 Å². The van der Waals surface area contributed by atoms with E-state index in [1.807, 2.05) is 30.3 Å². The summed E-state index contributed by atoms with van der Waals surface area (Å²) in [6, 6.07) is 17.9. The fraction of sp³-hybridized carbons (Fsp3) is 0.235. The normalized spacial score (nSPS) is 10.2. The van der Waals surface area contributed by atoms with E-state index in [-0.39, 0.29) is 5.97 Å². The van der Waals surface area contributed by atoms with Gasteiger partial charge in [0.05, 0.1) is 12.7 Å². The van der Waals surface area contributed by atoms with Crippen LogP contribution in [-0.2, 0) is 17.7 Å². The van der Waals surface area contributed by atoms with Crippen LogP contribution in [0.3, 0.4) is 0 Å². The number of methoxy groups -OCH3 is 1. The quantitative estimate of drug-likeness (QED) is 0.647. The van der Waals surface area contributed by atoms with Crippen LogP contribution in [0.25, 0.3) is 0 Å². The lowest BCUT2D eigenvalue weighted by Crippen LogP contribution is -2.16. The highest BCUT2D eigenvalue weighted by molar-refractivity contribution is 5.89. The van der Waals surface area contributed by atoms with Crippen molar-refractivity contribution in [1.82, 2.24) is 5.32 Å². The molecule has 0 atom stereocenters. The highest BCUT2D eigenvalue weighted by Gasteiger charge is 2.03. The number of ether oxygens (including phenoxy) is 1. The molecule has 0 aliphatic rings. The maximum absolute atomic E-state index is 11.3. The zero-order valence-electron chi connectivity index (χ0n) is 11.6. The minimum atomic E-state index is -0.293. The summed E-state index contributed by atoms with van der Waals surface area (Å²) in [4.78, 5) is 11.3. The first-order valence-corrected chi connectivity index (χ1v) is 6.71. The Labute approximate surface area is 119 Å². The predicted octanol–water partition coefficient (Wildman–Crippen LogP) is 2.81. The summed E-state index contributed by atoms with van der Waals surface area (Å²) in [5, 5.41) is 3.41. The first-order valence-electron chi connectivity index (χ1n) is 6.71. The number of carbonyl (C=O) groups excluding carboxylic acids is 1. The topological polar surface area (TPSA) is 38.3 Å². The lowest BCUT2D eigenvalue weighted by Gasteiger charge is -2.06. The molecule has 0 aliphatic heterocycles. The van der Waals surface area contributed by atoms with Crippen molar-refractivity contribution in [3.63, 3.8) is 0 Å². The van der Waals surface area contributed by atoms with Crippen molar-refractivity contribution in [2.75, 3.05) is 13.7 Å². The van der Waals surface area contributed by atoms with Gasteiger partial charge in [-0.15, -0.1) is 0 Å². The van der Waals surface area contributed by atoms with E-state index in [1.165, 1.54) is 18.2 Å². The first-order chi connectivity index (χ1) is 9.79. The molecule has 1 N–H and O–H groups in total. The summed E-state index contributed by atoms with van der Waals surface area (Å²) < 4.78 is 4.67. The lowest BCUT2D eigenvalue weighted by molar-refractivity contribution is 0.0600. The van der Waals surface area contributed by atoms with E-state index in [0.29, 0.717) is 5.56 Å². The van der Waals surface area contributed by atoms with Crippen LogP contribution in [0.4, 0.5) is 0 Å². The molecule has 2 rings (SSSR count). The van der Waals surface area contributed by atoms with Crippen molar-refractivity contribution in [3.8, 4) is 0 Å². The summed E-state index contributed by atoms with van der Waals surface area (Å²) >= 11 is 0. The van der Waals surface area contributed by atoms with Crippen LogP contribution in [0.15, 0.2) is 54.6 Å². The number of esters is 1. The molecule has 0 bridgehead atoms. The smallest absolute Gasteiger partial charge is 0.337 e. The molecule has 3 heteroatoms. The predicted molar refractivity (Wildman–Crippen MR) is 79.6 cm³/mol. The van der Waals surface area contributed by atoms with Gasteiger partial charge in [-0.05, 0) is 36.2 Å². The van der Waals surface area contributed by atoms with Gasteiger partial charge in [-0.2, -0.15) is 0 Å². The third kappa shape index (κ3) is 4.21. The summed E-state index contributed by atoms with van der Waals surface area (Å²) in [5.74, 6) is -0.293. The van der Waals surface area contributed by atoms with Gasteiger partial charge in [0, 0.05) is 6.54 Å². The molecule has 0 radical (unpaired) electrons. The lowest BCUT2D eigenvalue weighted by atomic mass is 10.1. The molecule has 0 amide bonds. The molecule has 0 heterocycles. The Kier molecular flexibility index (Phi) is 5.33. The van der Waals surface area contributed by atoms with Crippen molar-refractivity contribution in [2.24, 2.45) is 0 Å². The van der Waals surface area contributed by atoms with E-state index < -0.39 is 0 Å². The number of rotatable bonds is 6. The monoisotopic (exact) mass is 269 g/mol. The molecule has 3 nitrogen and oxygen atoms in total. The van der Waals surface area contributed by atoms with E-state index in [1.54, 1.807) is 12.1 Å². The molecule has 2 aromatic rings. The SMILES string of the molecule is COC(=O)c1ccc(CCNCc2ccccc2)cc1. The fourth-order valence-electron chi connectivity index (χ4n) is 1.99. The fourth-order valence-corrected chi connectivity index (χ4v) is 1.99. The summed E-state index contributed by atoms with van der Waals surface area (Å²) in [6.45, 7) is 1.79. The number of benzene rings is 2. The van der Waals surface area contributed by atoms with E-state index in [9.17, 15) is 4.79 Å². The molecule has 0 aromatic heterocycles. The van der Waals surface area contributed by atoms with E-state index in [2.05, 4.69) is 22.2 Å². The largest absolute Gasteiger partial charge is 0.465 e. The Bertz CT molecular complexity index is 535. The molecule has 20 heavy (non-hydrogen) atoms. The minimum Gasteiger partial charge on any atom is -0.465 e. The second kappa shape index (κ2) is 7.46. The maximum Gasteiger partial charge on any atom is 0.337 e. The Hall–Kier alpha value is -2.13. The van der Waals surface area contributed by atoms with Gasteiger partial charge >= 0.3 is 5.97 Å². The average molecular weight is 269 g/mol. The second-order valence-corrected chi connectivity index (χ2v) is 4.60. The molecule has 0 spiro atoms. The zero-order valence-corrected chi connectivity index (χ0v) is 11.6. The number of nitrogens with one attached hydrogen (secondary N) is 1. The molecule has 0 aliphatic carbocycles. The second-order valence-electron chi connectivity index (χ2n) is 4.60.